The predicted octanol–water partition coefficient (Wildman–Crippen LogP) is 2.68. The number of ketones is 1. The highest BCUT2D eigenvalue weighted by molar-refractivity contribution is 6.01. The van der Waals surface area contributed by atoms with Gasteiger partial charge in [0.1, 0.15) is 6.10 Å². The topological polar surface area (TPSA) is 29.6 Å². The Bertz CT molecular complexity index is 343. The highest BCUT2D eigenvalue weighted by atomic mass is 16.6. The van der Waals surface area contributed by atoms with E-state index in [4.69, 9.17) is 4.74 Å². The number of rotatable bonds is 4. The van der Waals surface area contributed by atoms with Crippen LogP contribution in [0.25, 0.3) is 0 Å². The maximum Gasteiger partial charge on any atom is 0.194 e. The second kappa shape index (κ2) is 4.15. The van der Waals surface area contributed by atoms with Crippen molar-refractivity contribution >= 4 is 5.78 Å². The van der Waals surface area contributed by atoms with Gasteiger partial charge in [-0.3, -0.25) is 4.79 Å². The van der Waals surface area contributed by atoms with Crippen LogP contribution >= 0.6 is 0 Å². The van der Waals surface area contributed by atoms with E-state index in [1.54, 1.807) is 0 Å². The zero-order chi connectivity index (χ0) is 10.8. The van der Waals surface area contributed by atoms with E-state index in [2.05, 4.69) is 13.8 Å². The van der Waals surface area contributed by atoms with E-state index >= 15 is 0 Å². The number of hydrogen-bond donors (Lipinski definition) is 0. The van der Waals surface area contributed by atoms with E-state index in [-0.39, 0.29) is 18.0 Å². The molecule has 1 aliphatic rings. The molecule has 80 valence electrons. The molecule has 1 saturated heterocycles. The number of epoxide rings is 1. The summed E-state index contributed by atoms with van der Waals surface area (Å²) in [6.45, 7) is 4.29. The summed E-state index contributed by atoms with van der Waals surface area (Å²) in [5, 5.41) is 0. The first kappa shape index (κ1) is 10.4. The average molecular weight is 204 g/mol. The lowest BCUT2D eigenvalue weighted by atomic mass is 10.0. The van der Waals surface area contributed by atoms with E-state index < -0.39 is 0 Å². The molecule has 0 aliphatic carbocycles. The molecular weight excluding hydrogens is 188 g/mol. The molecule has 2 nitrogen and oxygen atoms in total. The van der Waals surface area contributed by atoms with Gasteiger partial charge in [0.25, 0.3) is 0 Å². The fourth-order valence-corrected chi connectivity index (χ4v) is 1.78. The van der Waals surface area contributed by atoms with Gasteiger partial charge in [0.2, 0.25) is 0 Å². The Morgan fingerprint density at radius 2 is 2.00 bits per heavy atom. The highest BCUT2D eigenvalue weighted by Crippen LogP contribution is 2.31. The molecule has 1 aromatic rings. The molecule has 2 heteroatoms. The van der Waals surface area contributed by atoms with Crippen molar-refractivity contribution in [3.05, 3.63) is 35.9 Å². The highest BCUT2D eigenvalue weighted by Gasteiger charge is 2.44. The molecule has 1 aromatic carbocycles. The molecule has 15 heavy (non-hydrogen) atoms. The first-order valence-corrected chi connectivity index (χ1v) is 5.43. The van der Waals surface area contributed by atoms with Gasteiger partial charge in [0.05, 0.1) is 6.10 Å². The van der Waals surface area contributed by atoms with Gasteiger partial charge >= 0.3 is 0 Å². The monoisotopic (exact) mass is 204 g/mol. The standard InChI is InChI=1S/C13H16O2/c1-9(2)8-11-13(15-11)12(14)10-6-4-3-5-7-10/h3-7,9,11,13H,8H2,1-2H3/t11-,13+/m1/s1. The molecule has 1 aliphatic heterocycles. The largest absolute Gasteiger partial charge is 0.361 e. The number of carbonyl (C=O) groups excluding carboxylic acids is 1. The Balaban J connectivity index is 1.95. The summed E-state index contributed by atoms with van der Waals surface area (Å²) in [6, 6.07) is 9.36. The molecule has 0 amide bonds. The van der Waals surface area contributed by atoms with Crippen LogP contribution in [0.3, 0.4) is 0 Å². The van der Waals surface area contributed by atoms with Crippen molar-refractivity contribution in [3.63, 3.8) is 0 Å². The fourth-order valence-electron chi connectivity index (χ4n) is 1.78. The molecule has 0 radical (unpaired) electrons. The quantitative estimate of drug-likeness (QED) is 0.557. The predicted molar refractivity (Wildman–Crippen MR) is 58.9 cm³/mol. The molecule has 0 aromatic heterocycles. The minimum atomic E-state index is -0.185. The molecule has 0 bridgehead atoms. The lowest BCUT2D eigenvalue weighted by molar-refractivity contribution is 0.0953. The van der Waals surface area contributed by atoms with Crippen LogP contribution < -0.4 is 0 Å². The molecular formula is C13H16O2. The van der Waals surface area contributed by atoms with Crippen LogP contribution in [0, 0.1) is 5.92 Å². The van der Waals surface area contributed by atoms with Crippen molar-refractivity contribution < 1.29 is 9.53 Å². The molecule has 1 fully saturated rings. The molecule has 2 atom stereocenters. The van der Waals surface area contributed by atoms with Crippen LogP contribution in [0.1, 0.15) is 30.6 Å². The number of benzene rings is 1. The maximum atomic E-state index is 11.9. The van der Waals surface area contributed by atoms with Crippen LogP contribution in [0.2, 0.25) is 0 Å². The molecule has 0 unspecified atom stereocenters. The van der Waals surface area contributed by atoms with Crippen molar-refractivity contribution in [1.82, 2.24) is 0 Å². The molecule has 1 heterocycles. The summed E-state index contributed by atoms with van der Waals surface area (Å²) in [7, 11) is 0. The average Bonchev–Trinajstić information content (AvgIpc) is 2.96. The molecule has 0 saturated carbocycles. The Labute approximate surface area is 90.3 Å². The van der Waals surface area contributed by atoms with Gasteiger partial charge in [-0.1, -0.05) is 44.2 Å². The molecule has 2 rings (SSSR count). The number of Topliss-reactive ketones (excluding diaryl/α,β-unsaturated/α-hetero) is 1. The van der Waals surface area contributed by atoms with Crippen molar-refractivity contribution in [2.75, 3.05) is 0 Å². The van der Waals surface area contributed by atoms with Crippen molar-refractivity contribution in [1.29, 1.82) is 0 Å². The smallest absolute Gasteiger partial charge is 0.194 e. The van der Waals surface area contributed by atoms with Crippen molar-refractivity contribution in [3.8, 4) is 0 Å². The Morgan fingerprint density at radius 3 is 2.60 bits per heavy atom. The third kappa shape index (κ3) is 2.45. The summed E-state index contributed by atoms with van der Waals surface area (Å²) in [5.41, 5.74) is 0.758. The van der Waals surface area contributed by atoms with Crippen LogP contribution in [-0.2, 0) is 4.74 Å². The van der Waals surface area contributed by atoms with Gasteiger partial charge < -0.3 is 4.74 Å². The van der Waals surface area contributed by atoms with Crippen molar-refractivity contribution in [2.24, 2.45) is 5.92 Å². The van der Waals surface area contributed by atoms with Gasteiger partial charge in [-0.25, -0.2) is 0 Å². The number of carbonyl (C=O) groups is 1. The summed E-state index contributed by atoms with van der Waals surface area (Å²) in [4.78, 5) is 11.9. The molecule has 0 spiro atoms. The first-order chi connectivity index (χ1) is 7.18. The second-order valence-electron chi connectivity index (χ2n) is 4.45. The Hall–Kier alpha value is -1.15. The van der Waals surface area contributed by atoms with Crippen LogP contribution in [0.5, 0.6) is 0 Å². The third-order valence-corrected chi connectivity index (χ3v) is 2.60. The fraction of sp³-hybridized carbons (Fsp3) is 0.462. The van der Waals surface area contributed by atoms with E-state index in [1.165, 1.54) is 0 Å². The van der Waals surface area contributed by atoms with Gasteiger partial charge in [-0.2, -0.15) is 0 Å². The van der Waals surface area contributed by atoms with E-state index in [0.717, 1.165) is 12.0 Å². The van der Waals surface area contributed by atoms with E-state index in [1.807, 2.05) is 30.3 Å². The van der Waals surface area contributed by atoms with Crippen LogP contribution in [0.4, 0.5) is 0 Å². The Kier molecular flexibility index (Phi) is 2.87. The van der Waals surface area contributed by atoms with E-state index in [9.17, 15) is 4.79 Å². The first-order valence-electron chi connectivity index (χ1n) is 5.43. The minimum Gasteiger partial charge on any atom is -0.361 e. The zero-order valence-electron chi connectivity index (χ0n) is 9.14. The summed E-state index contributed by atoms with van der Waals surface area (Å²) < 4.78 is 5.39. The summed E-state index contributed by atoms with van der Waals surface area (Å²) in [6.07, 6.45) is 0.941. The van der Waals surface area contributed by atoms with Gasteiger partial charge in [-0.05, 0) is 12.3 Å². The summed E-state index contributed by atoms with van der Waals surface area (Å²) in [5.74, 6) is 0.713. The number of hydrogen-bond acceptors (Lipinski definition) is 2. The third-order valence-electron chi connectivity index (χ3n) is 2.60. The Morgan fingerprint density at radius 1 is 1.33 bits per heavy atom. The zero-order valence-corrected chi connectivity index (χ0v) is 9.14. The van der Waals surface area contributed by atoms with Crippen LogP contribution in [0.15, 0.2) is 30.3 Å². The maximum absolute atomic E-state index is 11.9. The molecule has 0 N–H and O–H groups in total. The van der Waals surface area contributed by atoms with Crippen LogP contribution in [-0.4, -0.2) is 18.0 Å². The van der Waals surface area contributed by atoms with Gasteiger partial charge in [-0.15, -0.1) is 0 Å². The number of ether oxygens (including phenoxy) is 1. The minimum absolute atomic E-state index is 0.126. The lowest BCUT2D eigenvalue weighted by Gasteiger charge is -1.99. The van der Waals surface area contributed by atoms with E-state index in [0.29, 0.717) is 5.92 Å². The normalized spacial score (nSPS) is 24.2. The summed E-state index contributed by atoms with van der Waals surface area (Å²) >= 11 is 0. The van der Waals surface area contributed by atoms with Gasteiger partial charge in [0, 0.05) is 5.56 Å². The van der Waals surface area contributed by atoms with Crippen molar-refractivity contribution in [2.45, 2.75) is 32.5 Å². The van der Waals surface area contributed by atoms with Gasteiger partial charge in [0.15, 0.2) is 5.78 Å². The lowest BCUT2D eigenvalue weighted by Crippen LogP contribution is -2.11. The second-order valence-corrected chi connectivity index (χ2v) is 4.45. The SMILES string of the molecule is CC(C)C[C@H]1O[C@@H]1C(=O)c1ccccc1.